The number of pyridine rings is 1. The van der Waals surface area contributed by atoms with Gasteiger partial charge in [0, 0.05) is 27.9 Å². The Bertz CT molecular complexity index is 2090. The average Bonchev–Trinajstić information content (AvgIpc) is 3.37. The Hall–Kier alpha value is -5.12. The first-order valence-corrected chi connectivity index (χ1v) is 14.4. The van der Waals surface area contributed by atoms with Gasteiger partial charge in [-0.15, -0.1) is 0 Å². The van der Waals surface area contributed by atoms with Gasteiger partial charge in [0.15, 0.2) is 0 Å². The van der Waals surface area contributed by atoms with Crippen molar-refractivity contribution in [2.75, 3.05) is 0 Å². The van der Waals surface area contributed by atoms with Gasteiger partial charge in [-0.1, -0.05) is 139 Å². The van der Waals surface area contributed by atoms with Crippen LogP contribution in [0.2, 0.25) is 5.02 Å². The predicted octanol–water partition coefficient (Wildman–Crippen LogP) is 9.38. The van der Waals surface area contributed by atoms with Crippen molar-refractivity contribution in [2.24, 2.45) is 0 Å². The lowest BCUT2D eigenvalue weighted by Gasteiger charge is -2.34. The van der Waals surface area contributed by atoms with Crippen LogP contribution in [0.1, 0.15) is 22.4 Å². The summed E-state index contributed by atoms with van der Waals surface area (Å²) in [7, 11) is 0. The van der Waals surface area contributed by atoms with E-state index in [1.54, 1.807) is 0 Å². The van der Waals surface area contributed by atoms with E-state index in [1.807, 2.05) is 48.7 Å². The Balaban J connectivity index is 1.57. The van der Waals surface area contributed by atoms with Crippen molar-refractivity contribution in [1.29, 1.82) is 0 Å². The number of aromatic nitrogens is 3. The first kappa shape index (κ1) is 24.7. The van der Waals surface area contributed by atoms with Crippen molar-refractivity contribution >= 4 is 22.6 Å². The molecule has 0 spiro atoms. The van der Waals surface area contributed by atoms with Crippen LogP contribution in [-0.2, 0) is 5.41 Å². The molecule has 0 amide bonds. The largest absolute Gasteiger partial charge is 0.254 e. The van der Waals surface area contributed by atoms with E-state index in [0.29, 0.717) is 0 Å². The molecule has 42 heavy (non-hydrogen) atoms. The summed E-state index contributed by atoms with van der Waals surface area (Å²) in [5.41, 5.74) is 10.8. The molecule has 0 N–H and O–H groups in total. The van der Waals surface area contributed by atoms with Gasteiger partial charge in [0.25, 0.3) is 0 Å². The molecule has 0 radical (unpaired) electrons. The highest BCUT2D eigenvalue weighted by Crippen LogP contribution is 2.58. The fourth-order valence-corrected chi connectivity index (χ4v) is 6.80. The van der Waals surface area contributed by atoms with Crippen molar-refractivity contribution in [3.05, 3.63) is 173 Å². The van der Waals surface area contributed by atoms with Crippen molar-refractivity contribution in [1.82, 2.24) is 15.0 Å². The summed E-state index contributed by atoms with van der Waals surface area (Å²) < 4.78 is 0. The third-order valence-corrected chi connectivity index (χ3v) is 8.57. The molecule has 198 valence electrons. The molecule has 5 aromatic carbocycles. The number of rotatable bonds is 4. The molecule has 2 heterocycles. The normalized spacial score (nSPS) is 15.4. The van der Waals surface area contributed by atoms with Gasteiger partial charge < -0.3 is 0 Å². The highest BCUT2D eigenvalue weighted by atomic mass is 35.5. The average molecular weight is 558 g/mol. The van der Waals surface area contributed by atoms with E-state index in [-0.39, 0.29) is 0 Å². The summed E-state index contributed by atoms with van der Waals surface area (Å²) in [6, 6.07) is 47.9. The second-order valence-corrected chi connectivity index (χ2v) is 10.9. The Labute approximate surface area is 249 Å². The molecular weight excluding hydrogens is 534 g/mol. The summed E-state index contributed by atoms with van der Waals surface area (Å²) in [6.07, 6.45) is 1.83. The lowest BCUT2D eigenvalue weighted by Crippen LogP contribution is -2.31. The maximum absolute atomic E-state index is 7.00. The second-order valence-electron chi connectivity index (χ2n) is 10.5. The van der Waals surface area contributed by atoms with Crippen LogP contribution in [0.15, 0.2) is 146 Å². The van der Waals surface area contributed by atoms with Crippen LogP contribution in [0.4, 0.5) is 0 Å². The zero-order chi connectivity index (χ0) is 28.1. The molecule has 0 saturated heterocycles. The summed E-state index contributed by atoms with van der Waals surface area (Å²) >= 11 is 7.00. The molecule has 7 aromatic rings. The summed E-state index contributed by atoms with van der Waals surface area (Å²) in [6.45, 7) is 0. The number of fused-ring (bicyclic) bond motifs is 4. The second kappa shape index (κ2) is 9.76. The summed E-state index contributed by atoms with van der Waals surface area (Å²) in [4.78, 5) is 15.8. The lowest BCUT2D eigenvalue weighted by molar-refractivity contribution is 0.737. The van der Waals surface area contributed by atoms with Gasteiger partial charge in [-0.3, -0.25) is 4.98 Å². The SMILES string of the molecule is Clc1cccc2c1-c1ccccc1C2(c1ccccc1)c1nc2ccnc(-c3ccccc3)c2nc1-c1ccccc1. The molecule has 1 aliphatic rings. The van der Waals surface area contributed by atoms with E-state index in [1.165, 1.54) is 0 Å². The monoisotopic (exact) mass is 557 g/mol. The van der Waals surface area contributed by atoms with E-state index in [4.69, 9.17) is 26.6 Å². The summed E-state index contributed by atoms with van der Waals surface area (Å²) in [5.74, 6) is 0. The molecule has 1 aliphatic carbocycles. The number of benzene rings is 5. The summed E-state index contributed by atoms with van der Waals surface area (Å²) in [5, 5.41) is 0.725. The minimum atomic E-state index is -0.749. The minimum Gasteiger partial charge on any atom is -0.254 e. The van der Waals surface area contributed by atoms with Crippen LogP contribution >= 0.6 is 11.6 Å². The number of halogens is 1. The van der Waals surface area contributed by atoms with E-state index >= 15 is 0 Å². The third-order valence-electron chi connectivity index (χ3n) is 8.26. The van der Waals surface area contributed by atoms with Crippen LogP contribution in [0.25, 0.3) is 44.7 Å². The molecule has 0 bridgehead atoms. The van der Waals surface area contributed by atoms with Crippen molar-refractivity contribution < 1.29 is 0 Å². The Morgan fingerprint density at radius 2 is 1.14 bits per heavy atom. The standard InChI is InChI=1S/C38H24ClN3/c39-31-22-12-21-30-33(31)28-19-10-11-20-29(28)38(30,27-17-8-3-9-18-27)37-35(26-15-6-2-7-16-26)42-36-32(41-37)23-24-40-34(36)25-13-4-1-5-14-25/h1-24H. The predicted molar refractivity (Wildman–Crippen MR) is 171 cm³/mol. The van der Waals surface area contributed by atoms with Gasteiger partial charge in [-0.25, -0.2) is 9.97 Å². The van der Waals surface area contributed by atoms with Crippen molar-refractivity contribution in [3.8, 4) is 33.6 Å². The highest BCUT2D eigenvalue weighted by molar-refractivity contribution is 6.34. The minimum absolute atomic E-state index is 0.725. The molecule has 8 rings (SSSR count). The molecule has 2 aromatic heterocycles. The van der Waals surface area contributed by atoms with E-state index in [0.717, 1.165) is 72.1 Å². The van der Waals surface area contributed by atoms with Crippen LogP contribution in [-0.4, -0.2) is 15.0 Å². The smallest absolute Gasteiger partial charge is 0.116 e. The number of hydrogen-bond acceptors (Lipinski definition) is 3. The van der Waals surface area contributed by atoms with Gasteiger partial charge in [0.2, 0.25) is 0 Å². The molecule has 0 fully saturated rings. The van der Waals surface area contributed by atoms with E-state index in [2.05, 4.69) is 97.1 Å². The van der Waals surface area contributed by atoms with Crippen LogP contribution in [0, 0.1) is 0 Å². The fraction of sp³-hybridized carbons (Fsp3) is 0.0263. The molecule has 4 heteroatoms. The molecule has 0 aliphatic heterocycles. The maximum Gasteiger partial charge on any atom is 0.116 e. The molecule has 0 saturated carbocycles. The van der Waals surface area contributed by atoms with Crippen molar-refractivity contribution in [3.63, 3.8) is 0 Å². The third kappa shape index (κ3) is 3.57. The molecular formula is C38H24ClN3. The first-order valence-electron chi connectivity index (χ1n) is 14.0. The van der Waals surface area contributed by atoms with Gasteiger partial charge in [-0.2, -0.15) is 0 Å². The van der Waals surface area contributed by atoms with Crippen LogP contribution in [0.3, 0.4) is 0 Å². The zero-order valence-corrected chi connectivity index (χ0v) is 23.3. The molecule has 1 unspecified atom stereocenters. The van der Waals surface area contributed by atoms with E-state index in [9.17, 15) is 0 Å². The number of hydrogen-bond donors (Lipinski definition) is 0. The molecule has 1 atom stereocenters. The maximum atomic E-state index is 7.00. The van der Waals surface area contributed by atoms with E-state index < -0.39 is 5.41 Å². The van der Waals surface area contributed by atoms with Crippen molar-refractivity contribution in [2.45, 2.75) is 5.41 Å². The zero-order valence-electron chi connectivity index (χ0n) is 22.6. The van der Waals surface area contributed by atoms with Gasteiger partial charge in [0.05, 0.1) is 28.0 Å². The Morgan fingerprint density at radius 1 is 0.524 bits per heavy atom. The quantitative estimate of drug-likeness (QED) is 0.216. The highest BCUT2D eigenvalue weighted by Gasteiger charge is 2.49. The van der Waals surface area contributed by atoms with Gasteiger partial charge in [-0.05, 0) is 34.4 Å². The number of nitrogens with zero attached hydrogens (tertiary/aromatic N) is 3. The van der Waals surface area contributed by atoms with Crippen LogP contribution < -0.4 is 0 Å². The lowest BCUT2D eigenvalue weighted by atomic mass is 9.69. The topological polar surface area (TPSA) is 38.7 Å². The molecule has 3 nitrogen and oxygen atoms in total. The van der Waals surface area contributed by atoms with Gasteiger partial charge >= 0.3 is 0 Å². The van der Waals surface area contributed by atoms with Crippen LogP contribution in [0.5, 0.6) is 0 Å². The Morgan fingerprint density at radius 3 is 1.88 bits per heavy atom. The fourth-order valence-electron chi connectivity index (χ4n) is 6.52. The Kier molecular flexibility index (Phi) is 5.73. The van der Waals surface area contributed by atoms with Gasteiger partial charge in [0.1, 0.15) is 5.52 Å². The first-order chi connectivity index (χ1) is 20.8.